The van der Waals surface area contributed by atoms with Gasteiger partial charge in [0.05, 0.1) is 13.2 Å². The first-order valence-corrected chi connectivity index (χ1v) is 3.38. The molecule has 10 heavy (non-hydrogen) atoms. The number of rotatable bonds is 6. The van der Waals surface area contributed by atoms with Crippen LogP contribution in [0.1, 0.15) is 13.8 Å². The molecule has 1 unspecified atom stereocenters. The number of ether oxygens (including phenoxy) is 2. The molecule has 1 atom stereocenters. The molecule has 0 saturated heterocycles. The molecule has 0 amide bonds. The van der Waals surface area contributed by atoms with E-state index in [4.69, 9.17) is 4.74 Å². The van der Waals surface area contributed by atoms with Crippen LogP contribution in [0.15, 0.2) is 0 Å². The molecule has 1 radical (unpaired) electrons. The van der Waals surface area contributed by atoms with Crippen molar-refractivity contribution in [1.29, 1.82) is 0 Å². The van der Waals surface area contributed by atoms with E-state index in [1.54, 1.807) is 0 Å². The predicted molar refractivity (Wildman–Crippen MR) is 37.3 cm³/mol. The highest BCUT2D eigenvalue weighted by Gasteiger charge is 2.00. The molecule has 0 saturated carbocycles. The van der Waals surface area contributed by atoms with Crippen molar-refractivity contribution < 1.29 is 14.3 Å². The lowest BCUT2D eigenvalue weighted by molar-refractivity contribution is 0.0902. The minimum Gasteiger partial charge on any atom is -0.457 e. The lowest BCUT2D eigenvalue weighted by atomic mass is 10.2. The fraction of sp³-hybridized carbons (Fsp3) is 0.857. The molecule has 3 heteroatoms. The van der Waals surface area contributed by atoms with Gasteiger partial charge >= 0.3 is 6.47 Å². The van der Waals surface area contributed by atoms with E-state index in [2.05, 4.69) is 4.74 Å². The van der Waals surface area contributed by atoms with E-state index in [-0.39, 0.29) is 5.92 Å². The van der Waals surface area contributed by atoms with Gasteiger partial charge < -0.3 is 9.47 Å². The van der Waals surface area contributed by atoms with Crippen LogP contribution in [0.3, 0.4) is 0 Å². The third kappa shape index (κ3) is 5.56. The number of hydrogen-bond acceptors (Lipinski definition) is 3. The van der Waals surface area contributed by atoms with E-state index in [1.807, 2.05) is 13.8 Å². The molecule has 3 nitrogen and oxygen atoms in total. The molecule has 0 aromatic carbocycles. The summed E-state index contributed by atoms with van der Waals surface area (Å²) in [6, 6.07) is 0. The van der Waals surface area contributed by atoms with E-state index < -0.39 is 0 Å². The van der Waals surface area contributed by atoms with E-state index in [1.165, 1.54) is 6.47 Å². The Morgan fingerprint density at radius 2 is 2.20 bits per heavy atom. The van der Waals surface area contributed by atoms with Crippen molar-refractivity contribution >= 4 is 6.47 Å². The second-order valence-electron chi connectivity index (χ2n) is 2.16. The largest absolute Gasteiger partial charge is 0.457 e. The van der Waals surface area contributed by atoms with Crippen molar-refractivity contribution in [2.75, 3.05) is 19.8 Å². The highest BCUT2D eigenvalue weighted by molar-refractivity contribution is 5.38. The summed E-state index contributed by atoms with van der Waals surface area (Å²) in [5, 5.41) is 0. The molecule has 0 aliphatic heterocycles. The van der Waals surface area contributed by atoms with Crippen LogP contribution in [-0.4, -0.2) is 26.3 Å². The Labute approximate surface area is 61.3 Å². The van der Waals surface area contributed by atoms with E-state index in [9.17, 15) is 4.79 Å². The van der Waals surface area contributed by atoms with Gasteiger partial charge in [-0.05, 0) is 6.92 Å². The van der Waals surface area contributed by atoms with Crippen LogP contribution in [0.4, 0.5) is 0 Å². The van der Waals surface area contributed by atoms with Crippen molar-refractivity contribution in [1.82, 2.24) is 0 Å². The summed E-state index contributed by atoms with van der Waals surface area (Å²) >= 11 is 0. The Balaban J connectivity index is 3.07. The molecule has 0 aromatic heterocycles. The lowest BCUT2D eigenvalue weighted by Gasteiger charge is -2.07. The summed E-state index contributed by atoms with van der Waals surface area (Å²) in [6.07, 6.45) is 0. The monoisotopic (exact) mass is 145 g/mol. The molecule has 0 spiro atoms. The van der Waals surface area contributed by atoms with Crippen molar-refractivity contribution in [3.8, 4) is 0 Å². The Hall–Kier alpha value is -0.570. The van der Waals surface area contributed by atoms with Gasteiger partial charge in [0.2, 0.25) is 0 Å². The second kappa shape index (κ2) is 6.55. The van der Waals surface area contributed by atoms with Gasteiger partial charge in [0.1, 0.15) is 0 Å². The highest BCUT2D eigenvalue weighted by atomic mass is 16.5. The van der Waals surface area contributed by atoms with E-state index in [0.717, 1.165) is 0 Å². The second-order valence-corrected chi connectivity index (χ2v) is 2.16. The highest BCUT2D eigenvalue weighted by Crippen LogP contribution is 1.94. The zero-order chi connectivity index (χ0) is 7.82. The zero-order valence-corrected chi connectivity index (χ0v) is 6.42. The maximum absolute atomic E-state index is 9.60. The standard InChI is InChI=1S/C7H13O3/c1-3-9-4-7(2)5-10-6-8/h7H,3-5H2,1-2H3. The van der Waals surface area contributed by atoms with Gasteiger partial charge in [-0.25, -0.2) is 4.79 Å². The van der Waals surface area contributed by atoms with Crippen LogP contribution < -0.4 is 0 Å². The van der Waals surface area contributed by atoms with Crippen LogP contribution >= 0.6 is 0 Å². The smallest absolute Gasteiger partial charge is 0.417 e. The van der Waals surface area contributed by atoms with Crippen molar-refractivity contribution in [3.05, 3.63) is 0 Å². The SMILES string of the molecule is CCOCC(C)CO[C]=O. The fourth-order valence-electron chi connectivity index (χ4n) is 0.543. The van der Waals surface area contributed by atoms with Crippen LogP contribution in [0.2, 0.25) is 0 Å². The van der Waals surface area contributed by atoms with Gasteiger partial charge in [0, 0.05) is 12.5 Å². The molecular formula is C7H13O3. The van der Waals surface area contributed by atoms with Gasteiger partial charge in [-0.3, -0.25) is 0 Å². The quantitative estimate of drug-likeness (QED) is 0.553. The summed E-state index contributed by atoms with van der Waals surface area (Å²) in [7, 11) is 0. The van der Waals surface area contributed by atoms with Crippen LogP contribution in [0.25, 0.3) is 0 Å². The molecule has 0 N–H and O–H groups in total. The topological polar surface area (TPSA) is 35.5 Å². The maximum Gasteiger partial charge on any atom is 0.417 e. The lowest BCUT2D eigenvalue weighted by Crippen LogP contribution is -2.12. The minimum absolute atomic E-state index is 0.265. The first kappa shape index (κ1) is 9.43. The normalized spacial score (nSPS) is 12.6. The van der Waals surface area contributed by atoms with Crippen molar-refractivity contribution in [2.45, 2.75) is 13.8 Å². The summed E-state index contributed by atoms with van der Waals surface area (Å²) in [6.45, 7) is 6.98. The van der Waals surface area contributed by atoms with Crippen LogP contribution in [0, 0.1) is 5.92 Å². The van der Waals surface area contributed by atoms with Gasteiger partial charge in [-0.15, -0.1) is 0 Å². The molecular weight excluding hydrogens is 132 g/mol. The fourth-order valence-corrected chi connectivity index (χ4v) is 0.543. The average Bonchev–Trinajstić information content (AvgIpc) is 1.97. The first-order chi connectivity index (χ1) is 4.81. The van der Waals surface area contributed by atoms with Gasteiger partial charge in [0.25, 0.3) is 0 Å². The predicted octanol–water partition coefficient (Wildman–Crippen LogP) is 0.743. The molecule has 59 valence electrons. The average molecular weight is 145 g/mol. The van der Waals surface area contributed by atoms with Gasteiger partial charge in [-0.2, -0.15) is 0 Å². The van der Waals surface area contributed by atoms with Gasteiger partial charge in [-0.1, -0.05) is 6.92 Å². The molecule has 0 fully saturated rings. The Bertz CT molecular complexity index is 82.9. The zero-order valence-electron chi connectivity index (χ0n) is 6.42. The Kier molecular flexibility index (Phi) is 6.18. The van der Waals surface area contributed by atoms with E-state index in [0.29, 0.717) is 19.8 Å². The third-order valence-electron chi connectivity index (χ3n) is 1.03. The van der Waals surface area contributed by atoms with Crippen molar-refractivity contribution in [2.24, 2.45) is 5.92 Å². The Morgan fingerprint density at radius 1 is 1.50 bits per heavy atom. The third-order valence-corrected chi connectivity index (χ3v) is 1.03. The Morgan fingerprint density at radius 3 is 2.70 bits per heavy atom. The first-order valence-electron chi connectivity index (χ1n) is 3.38. The molecule has 0 aliphatic rings. The molecule has 0 heterocycles. The number of carbonyl (C=O) groups excluding carboxylic acids is 1. The maximum atomic E-state index is 9.60. The van der Waals surface area contributed by atoms with E-state index >= 15 is 0 Å². The summed E-state index contributed by atoms with van der Waals surface area (Å²) < 4.78 is 9.49. The van der Waals surface area contributed by atoms with Crippen molar-refractivity contribution in [3.63, 3.8) is 0 Å². The summed E-state index contributed by atoms with van der Waals surface area (Å²) in [4.78, 5) is 9.60. The van der Waals surface area contributed by atoms with Gasteiger partial charge in [0.15, 0.2) is 0 Å². The van der Waals surface area contributed by atoms with Crippen LogP contribution in [0.5, 0.6) is 0 Å². The number of hydrogen-bond donors (Lipinski definition) is 0. The molecule has 0 rings (SSSR count). The molecule has 0 aliphatic carbocycles. The summed E-state index contributed by atoms with van der Waals surface area (Å²) in [5.41, 5.74) is 0. The van der Waals surface area contributed by atoms with Crippen LogP contribution in [-0.2, 0) is 14.3 Å². The minimum atomic E-state index is 0.265. The summed E-state index contributed by atoms with van der Waals surface area (Å²) in [5.74, 6) is 0.265. The molecule has 0 aromatic rings. The molecule has 0 bridgehead atoms.